The molecule has 1 amide bonds. The van der Waals surface area contributed by atoms with Gasteiger partial charge in [-0.05, 0) is 71.2 Å². The minimum atomic E-state index is -0.765. The maximum absolute atomic E-state index is 13.5. The Morgan fingerprint density at radius 1 is 1.12 bits per heavy atom. The van der Waals surface area contributed by atoms with Gasteiger partial charge in [-0.3, -0.25) is 14.5 Å². The molecule has 7 heteroatoms. The van der Waals surface area contributed by atoms with Crippen molar-refractivity contribution in [1.82, 2.24) is 4.90 Å². The first-order chi connectivity index (χ1) is 16.0. The predicted molar refractivity (Wildman–Crippen MR) is 127 cm³/mol. The van der Waals surface area contributed by atoms with Crippen LogP contribution in [0.15, 0.2) is 47.1 Å². The number of carbonyl (C=O) groups is 2. The highest BCUT2D eigenvalue weighted by atomic mass is 16.5. The number of likely N-dealkylation sites (tertiary alicyclic amines) is 1. The Kier molecular flexibility index (Phi) is 9.36. The van der Waals surface area contributed by atoms with Crippen molar-refractivity contribution >= 4 is 17.8 Å². The van der Waals surface area contributed by atoms with E-state index in [1.165, 1.54) is 0 Å². The number of hydrogen-bond acceptors (Lipinski definition) is 5. The summed E-state index contributed by atoms with van der Waals surface area (Å²) in [7, 11) is 0. The van der Waals surface area contributed by atoms with Gasteiger partial charge in [-0.1, -0.05) is 18.2 Å². The first kappa shape index (κ1) is 24.8. The Labute approximate surface area is 196 Å². The van der Waals surface area contributed by atoms with Crippen LogP contribution in [-0.2, 0) is 16.1 Å². The van der Waals surface area contributed by atoms with Crippen molar-refractivity contribution in [1.29, 1.82) is 0 Å². The molecule has 1 aliphatic rings. The number of ether oxygens (including phenoxy) is 1. The molecule has 1 N–H and O–H groups in total. The highest BCUT2D eigenvalue weighted by molar-refractivity contribution is 5.93. The lowest BCUT2D eigenvalue weighted by Gasteiger charge is -2.35. The van der Waals surface area contributed by atoms with Crippen molar-refractivity contribution in [3.05, 3.63) is 48.2 Å². The maximum Gasteiger partial charge on any atom is 0.303 e. The molecular weight excluding hydrogens is 420 g/mol. The Morgan fingerprint density at radius 3 is 2.55 bits per heavy atom. The zero-order valence-corrected chi connectivity index (χ0v) is 19.7. The van der Waals surface area contributed by atoms with Crippen molar-refractivity contribution in [2.45, 2.75) is 65.0 Å². The normalized spacial score (nSPS) is 15.0. The third-order valence-electron chi connectivity index (χ3n) is 6.24. The Hall–Kier alpha value is -2.80. The quantitative estimate of drug-likeness (QED) is 0.455. The minimum absolute atomic E-state index is 0.0209. The summed E-state index contributed by atoms with van der Waals surface area (Å²) in [5, 5.41) is 8.75. The maximum atomic E-state index is 13.5. The second kappa shape index (κ2) is 12.4. The summed E-state index contributed by atoms with van der Waals surface area (Å²) in [4.78, 5) is 28.3. The summed E-state index contributed by atoms with van der Waals surface area (Å²) in [6, 6.07) is 11.9. The average molecular weight is 457 g/mol. The van der Waals surface area contributed by atoms with E-state index in [9.17, 15) is 9.59 Å². The topological polar surface area (TPSA) is 83.2 Å². The van der Waals surface area contributed by atoms with Crippen LogP contribution in [0.2, 0.25) is 0 Å². The number of rotatable bonds is 12. The van der Waals surface area contributed by atoms with Gasteiger partial charge < -0.3 is 19.2 Å². The number of carboxylic acid groups (broad SMARTS) is 1. The number of carbonyl (C=O) groups excluding carboxylic acids is 1. The number of carboxylic acids is 1. The molecule has 3 rings (SSSR count). The van der Waals surface area contributed by atoms with Gasteiger partial charge in [0.05, 0.1) is 19.4 Å². The number of para-hydroxylation sites is 1. The van der Waals surface area contributed by atoms with E-state index in [4.69, 9.17) is 14.3 Å². The molecule has 180 valence electrons. The zero-order valence-electron chi connectivity index (χ0n) is 19.7. The van der Waals surface area contributed by atoms with Crippen molar-refractivity contribution in [2.75, 3.05) is 24.6 Å². The van der Waals surface area contributed by atoms with E-state index in [1.807, 2.05) is 30.3 Å². The van der Waals surface area contributed by atoms with E-state index in [0.717, 1.165) is 50.1 Å². The molecular formula is C26H36N2O5. The minimum Gasteiger partial charge on any atom is -0.493 e. The second-order valence-electron chi connectivity index (χ2n) is 8.94. The lowest BCUT2D eigenvalue weighted by Crippen LogP contribution is -2.44. The summed E-state index contributed by atoms with van der Waals surface area (Å²) in [5.74, 6) is 0.604. The molecule has 2 aromatic rings. The van der Waals surface area contributed by atoms with Crippen LogP contribution in [0.5, 0.6) is 5.75 Å². The largest absolute Gasteiger partial charge is 0.493 e. The number of anilines is 1. The van der Waals surface area contributed by atoms with Crippen LogP contribution in [0, 0.1) is 5.92 Å². The van der Waals surface area contributed by atoms with Crippen LogP contribution < -0.4 is 9.64 Å². The molecule has 1 aromatic heterocycles. The zero-order chi connectivity index (χ0) is 23.6. The highest BCUT2D eigenvalue weighted by Gasteiger charge is 2.31. The van der Waals surface area contributed by atoms with E-state index in [-0.39, 0.29) is 18.2 Å². The van der Waals surface area contributed by atoms with Crippen LogP contribution in [0.25, 0.3) is 0 Å². The SMILES string of the molecule is CC(C)N1CCC(C(=O)N(Cc2ccccc2OCCCCCC(=O)O)c2ccco2)CC1. The molecule has 0 radical (unpaired) electrons. The molecule has 0 spiro atoms. The molecule has 1 fully saturated rings. The fraction of sp³-hybridized carbons (Fsp3) is 0.538. The third-order valence-corrected chi connectivity index (χ3v) is 6.24. The van der Waals surface area contributed by atoms with Gasteiger partial charge in [-0.2, -0.15) is 0 Å². The van der Waals surface area contributed by atoms with Crippen LogP contribution >= 0.6 is 0 Å². The number of hydrogen-bond donors (Lipinski definition) is 1. The molecule has 0 unspecified atom stereocenters. The lowest BCUT2D eigenvalue weighted by atomic mass is 9.94. The van der Waals surface area contributed by atoms with E-state index in [0.29, 0.717) is 31.5 Å². The van der Waals surface area contributed by atoms with Gasteiger partial charge in [0.2, 0.25) is 11.8 Å². The Bertz CT molecular complexity index is 873. The van der Waals surface area contributed by atoms with Gasteiger partial charge >= 0.3 is 5.97 Å². The van der Waals surface area contributed by atoms with Crippen molar-refractivity contribution in [2.24, 2.45) is 5.92 Å². The molecule has 33 heavy (non-hydrogen) atoms. The Balaban J connectivity index is 1.64. The van der Waals surface area contributed by atoms with Crippen LogP contribution in [0.1, 0.15) is 57.9 Å². The highest BCUT2D eigenvalue weighted by Crippen LogP contribution is 2.28. The van der Waals surface area contributed by atoms with E-state index in [2.05, 4.69) is 18.7 Å². The fourth-order valence-corrected chi connectivity index (χ4v) is 4.25. The number of furan rings is 1. The van der Waals surface area contributed by atoms with Crippen molar-refractivity contribution < 1.29 is 23.8 Å². The lowest BCUT2D eigenvalue weighted by molar-refractivity contribution is -0.137. The van der Waals surface area contributed by atoms with E-state index < -0.39 is 5.97 Å². The molecule has 0 bridgehead atoms. The van der Waals surface area contributed by atoms with Gasteiger partial charge in [0.15, 0.2) is 0 Å². The monoisotopic (exact) mass is 456 g/mol. The smallest absolute Gasteiger partial charge is 0.303 e. The van der Waals surface area contributed by atoms with E-state index >= 15 is 0 Å². The van der Waals surface area contributed by atoms with Crippen molar-refractivity contribution in [3.8, 4) is 5.75 Å². The Morgan fingerprint density at radius 2 is 1.88 bits per heavy atom. The van der Waals surface area contributed by atoms with Gasteiger partial charge in [-0.15, -0.1) is 0 Å². The van der Waals surface area contributed by atoms with Crippen LogP contribution in [0.4, 0.5) is 5.88 Å². The number of benzene rings is 1. The molecule has 2 heterocycles. The van der Waals surface area contributed by atoms with E-state index in [1.54, 1.807) is 17.2 Å². The molecule has 0 saturated carbocycles. The van der Waals surface area contributed by atoms with Gasteiger partial charge in [0.1, 0.15) is 5.75 Å². The molecule has 0 atom stereocenters. The summed E-state index contributed by atoms with van der Waals surface area (Å²) < 4.78 is 11.6. The molecule has 0 aliphatic carbocycles. The third kappa shape index (κ3) is 7.35. The van der Waals surface area contributed by atoms with Crippen LogP contribution in [-0.4, -0.2) is 47.6 Å². The summed E-state index contributed by atoms with van der Waals surface area (Å²) in [5.41, 5.74) is 0.924. The summed E-state index contributed by atoms with van der Waals surface area (Å²) in [6.07, 6.45) is 5.73. The molecule has 7 nitrogen and oxygen atoms in total. The van der Waals surface area contributed by atoms with Crippen LogP contribution in [0.3, 0.4) is 0 Å². The predicted octanol–water partition coefficient (Wildman–Crippen LogP) is 4.96. The molecule has 1 aliphatic heterocycles. The second-order valence-corrected chi connectivity index (χ2v) is 8.94. The van der Waals surface area contributed by atoms with Gasteiger partial charge in [0.25, 0.3) is 0 Å². The number of amides is 1. The number of unbranched alkanes of at least 4 members (excludes halogenated alkanes) is 2. The average Bonchev–Trinajstić information content (AvgIpc) is 3.34. The standard InChI is InChI=1S/C26H36N2O5/c1-20(2)27-15-13-21(14-16-27)26(31)28(24-11-8-18-33-24)19-22-9-5-6-10-23(22)32-17-7-3-4-12-25(29)30/h5-6,8-11,18,20-21H,3-4,7,12-17,19H2,1-2H3,(H,29,30). The van der Waals surface area contributed by atoms with Gasteiger partial charge in [0, 0.05) is 30.0 Å². The molecule has 1 aromatic carbocycles. The summed E-state index contributed by atoms with van der Waals surface area (Å²) >= 11 is 0. The van der Waals surface area contributed by atoms with Crippen molar-refractivity contribution in [3.63, 3.8) is 0 Å². The number of nitrogens with zero attached hydrogens (tertiary/aromatic N) is 2. The summed E-state index contributed by atoms with van der Waals surface area (Å²) in [6.45, 7) is 7.15. The first-order valence-electron chi connectivity index (χ1n) is 12.0. The fourth-order valence-electron chi connectivity index (χ4n) is 4.25. The van der Waals surface area contributed by atoms with Gasteiger partial charge in [-0.25, -0.2) is 0 Å². The number of aliphatic carboxylic acids is 1. The first-order valence-corrected chi connectivity index (χ1v) is 12.0. The molecule has 1 saturated heterocycles. The number of piperidine rings is 1.